The summed E-state index contributed by atoms with van der Waals surface area (Å²) in [6.45, 7) is 3.12. The minimum Gasteiger partial charge on any atom is -0.356 e. The average Bonchev–Trinajstić information content (AvgIpc) is 2.75. The van der Waals surface area contributed by atoms with E-state index in [1.807, 2.05) is 6.07 Å². The quantitative estimate of drug-likeness (QED) is 0.675. The zero-order valence-electron chi connectivity index (χ0n) is 18.0. The predicted octanol–water partition coefficient (Wildman–Crippen LogP) is 3.55. The van der Waals surface area contributed by atoms with Crippen LogP contribution in [-0.2, 0) is 24.2 Å². The molecule has 0 fully saturated rings. The van der Waals surface area contributed by atoms with Crippen molar-refractivity contribution in [3.63, 3.8) is 0 Å². The molecule has 166 valence electrons. The first-order valence-electron chi connectivity index (χ1n) is 10.4. The van der Waals surface area contributed by atoms with E-state index >= 15 is 0 Å². The fourth-order valence-corrected chi connectivity index (χ4v) is 3.97. The van der Waals surface area contributed by atoms with E-state index in [1.54, 1.807) is 24.2 Å². The fraction of sp³-hybridized carbons (Fsp3) is 0.292. The molecule has 0 radical (unpaired) electrons. The Morgan fingerprint density at radius 3 is 2.72 bits per heavy atom. The molecule has 0 spiro atoms. The number of rotatable bonds is 4. The summed E-state index contributed by atoms with van der Waals surface area (Å²) in [7, 11) is 1.58. The first-order chi connectivity index (χ1) is 15.4. The van der Waals surface area contributed by atoms with Crippen molar-refractivity contribution < 1.29 is 18.3 Å². The maximum absolute atomic E-state index is 14.2. The second-order valence-electron chi connectivity index (χ2n) is 7.81. The van der Waals surface area contributed by atoms with Crippen molar-refractivity contribution in [2.75, 3.05) is 25.2 Å². The van der Waals surface area contributed by atoms with Crippen LogP contribution in [0.25, 0.3) is 0 Å². The van der Waals surface area contributed by atoms with Crippen molar-refractivity contribution in [1.82, 2.24) is 15.3 Å². The SMILES string of the molecule is CNC(=O)c1ccc(Cc2cc(C)c3c(c2)COCN(c2ncc(F)cc2F)CC3)cn1. The van der Waals surface area contributed by atoms with E-state index < -0.39 is 11.6 Å². The zero-order chi connectivity index (χ0) is 22.7. The molecule has 1 N–H and O–H groups in total. The van der Waals surface area contributed by atoms with Crippen LogP contribution in [0.5, 0.6) is 0 Å². The molecule has 0 aliphatic carbocycles. The highest BCUT2D eigenvalue weighted by molar-refractivity contribution is 5.91. The lowest BCUT2D eigenvalue weighted by Gasteiger charge is -2.28. The second-order valence-corrected chi connectivity index (χ2v) is 7.81. The van der Waals surface area contributed by atoms with Crippen molar-refractivity contribution in [2.45, 2.75) is 26.4 Å². The van der Waals surface area contributed by atoms with Gasteiger partial charge < -0.3 is 15.0 Å². The number of halogens is 2. The Morgan fingerprint density at radius 2 is 2.00 bits per heavy atom. The molecule has 1 aliphatic rings. The number of anilines is 1. The van der Waals surface area contributed by atoms with Gasteiger partial charge in [0.2, 0.25) is 0 Å². The highest BCUT2D eigenvalue weighted by Crippen LogP contribution is 2.25. The van der Waals surface area contributed by atoms with Gasteiger partial charge in [-0.15, -0.1) is 0 Å². The number of amides is 1. The number of hydrogen-bond donors (Lipinski definition) is 1. The lowest BCUT2D eigenvalue weighted by Crippen LogP contribution is -2.32. The minimum absolute atomic E-state index is 0.0943. The molecule has 8 heteroatoms. The summed E-state index contributed by atoms with van der Waals surface area (Å²) in [5.41, 5.74) is 5.91. The van der Waals surface area contributed by atoms with E-state index in [4.69, 9.17) is 4.74 Å². The number of nitrogens with one attached hydrogen (secondary N) is 1. The Balaban J connectivity index is 1.51. The van der Waals surface area contributed by atoms with Crippen LogP contribution in [0.15, 0.2) is 42.7 Å². The lowest BCUT2D eigenvalue weighted by atomic mass is 9.93. The Morgan fingerprint density at radius 1 is 1.16 bits per heavy atom. The third-order valence-electron chi connectivity index (χ3n) is 5.54. The zero-order valence-corrected chi connectivity index (χ0v) is 18.0. The van der Waals surface area contributed by atoms with Crippen LogP contribution < -0.4 is 10.2 Å². The van der Waals surface area contributed by atoms with E-state index in [0.29, 0.717) is 31.7 Å². The van der Waals surface area contributed by atoms with Crippen LogP contribution >= 0.6 is 0 Å². The molecule has 1 aliphatic heterocycles. The maximum Gasteiger partial charge on any atom is 0.269 e. The van der Waals surface area contributed by atoms with Crippen molar-refractivity contribution in [2.24, 2.45) is 0 Å². The van der Waals surface area contributed by atoms with Crippen LogP contribution in [0, 0.1) is 18.6 Å². The molecular formula is C24H24F2N4O2. The molecule has 0 saturated carbocycles. The summed E-state index contributed by atoms with van der Waals surface area (Å²) in [6.07, 6.45) is 4.12. The molecule has 2 aromatic heterocycles. The van der Waals surface area contributed by atoms with Crippen LogP contribution in [0.1, 0.15) is 38.3 Å². The first kappa shape index (κ1) is 21.8. The van der Waals surface area contributed by atoms with E-state index in [0.717, 1.165) is 40.1 Å². The Hall–Kier alpha value is -3.39. The highest BCUT2D eigenvalue weighted by Gasteiger charge is 2.19. The number of hydrogen-bond acceptors (Lipinski definition) is 5. The van der Waals surface area contributed by atoms with Gasteiger partial charge >= 0.3 is 0 Å². The number of carbonyl (C=O) groups is 1. The van der Waals surface area contributed by atoms with Gasteiger partial charge in [-0.25, -0.2) is 13.8 Å². The number of nitrogens with zero attached hydrogens (tertiary/aromatic N) is 3. The van der Waals surface area contributed by atoms with Gasteiger partial charge in [-0.05, 0) is 53.6 Å². The Labute approximate surface area is 185 Å². The number of fused-ring (bicyclic) bond motifs is 1. The molecule has 0 saturated heterocycles. The molecule has 32 heavy (non-hydrogen) atoms. The standard InChI is InChI=1S/C24H24F2N4O2/c1-15-7-17(8-16-3-4-22(28-11-16)24(31)27-2)9-18-13-32-14-30(6-5-20(15)18)23-21(26)10-19(25)12-29-23/h3-4,7,9-12H,5-6,8,13-14H2,1-2H3,(H,27,31). The monoisotopic (exact) mass is 438 g/mol. The van der Waals surface area contributed by atoms with Crippen molar-refractivity contribution in [3.8, 4) is 0 Å². The Bertz CT molecular complexity index is 1140. The van der Waals surface area contributed by atoms with Gasteiger partial charge in [0.05, 0.1) is 12.8 Å². The summed E-state index contributed by atoms with van der Waals surface area (Å²) in [5.74, 6) is -1.52. The summed E-state index contributed by atoms with van der Waals surface area (Å²) in [6, 6.07) is 8.72. The molecule has 0 bridgehead atoms. The van der Waals surface area contributed by atoms with Crippen molar-refractivity contribution in [3.05, 3.63) is 87.9 Å². The van der Waals surface area contributed by atoms with E-state index in [9.17, 15) is 13.6 Å². The molecule has 0 atom stereocenters. The summed E-state index contributed by atoms with van der Waals surface area (Å²) >= 11 is 0. The molecule has 3 heterocycles. The van der Waals surface area contributed by atoms with E-state index in [1.165, 1.54) is 0 Å². The first-order valence-corrected chi connectivity index (χ1v) is 10.4. The lowest BCUT2D eigenvalue weighted by molar-refractivity contribution is 0.0958. The summed E-state index contributed by atoms with van der Waals surface area (Å²) in [4.78, 5) is 21.5. The topological polar surface area (TPSA) is 67.3 Å². The van der Waals surface area contributed by atoms with Crippen LogP contribution in [-0.4, -0.2) is 36.2 Å². The second kappa shape index (κ2) is 9.40. The predicted molar refractivity (Wildman–Crippen MR) is 116 cm³/mol. The molecule has 4 rings (SSSR count). The minimum atomic E-state index is -0.702. The van der Waals surface area contributed by atoms with Crippen LogP contribution in [0.3, 0.4) is 0 Å². The van der Waals surface area contributed by atoms with E-state index in [-0.39, 0.29) is 18.5 Å². The molecule has 6 nitrogen and oxygen atoms in total. The number of aromatic nitrogens is 2. The Kier molecular flexibility index (Phi) is 6.41. The molecule has 0 unspecified atom stereocenters. The van der Waals surface area contributed by atoms with Gasteiger partial charge in [0, 0.05) is 25.9 Å². The largest absolute Gasteiger partial charge is 0.356 e. The van der Waals surface area contributed by atoms with Gasteiger partial charge in [-0.3, -0.25) is 9.78 Å². The molecule has 3 aromatic rings. The number of pyridine rings is 2. The van der Waals surface area contributed by atoms with Gasteiger partial charge in [0.25, 0.3) is 5.91 Å². The third kappa shape index (κ3) is 4.75. The van der Waals surface area contributed by atoms with Gasteiger partial charge in [0.15, 0.2) is 11.6 Å². The fourth-order valence-electron chi connectivity index (χ4n) is 3.97. The maximum atomic E-state index is 14.2. The summed E-state index contributed by atoms with van der Waals surface area (Å²) in [5, 5.41) is 2.56. The molecule has 1 amide bonds. The number of ether oxygens (including phenoxy) is 1. The van der Waals surface area contributed by atoms with E-state index in [2.05, 4.69) is 34.3 Å². The van der Waals surface area contributed by atoms with Gasteiger partial charge in [0.1, 0.15) is 18.2 Å². The van der Waals surface area contributed by atoms with Crippen LogP contribution in [0.4, 0.5) is 14.6 Å². The van der Waals surface area contributed by atoms with Crippen molar-refractivity contribution in [1.29, 1.82) is 0 Å². The van der Waals surface area contributed by atoms with Crippen molar-refractivity contribution >= 4 is 11.7 Å². The highest BCUT2D eigenvalue weighted by atomic mass is 19.1. The van der Waals surface area contributed by atoms with Gasteiger partial charge in [-0.1, -0.05) is 18.2 Å². The molecule has 1 aromatic carbocycles. The number of benzene rings is 1. The third-order valence-corrected chi connectivity index (χ3v) is 5.54. The average molecular weight is 438 g/mol. The smallest absolute Gasteiger partial charge is 0.269 e. The number of carbonyl (C=O) groups excluding carboxylic acids is 1. The molecular weight excluding hydrogens is 414 g/mol. The van der Waals surface area contributed by atoms with Gasteiger partial charge in [-0.2, -0.15) is 0 Å². The van der Waals surface area contributed by atoms with Crippen LogP contribution in [0.2, 0.25) is 0 Å². The number of aryl methyl sites for hydroxylation is 1. The normalized spacial score (nSPS) is 13.8. The summed E-state index contributed by atoms with van der Waals surface area (Å²) < 4.78 is 33.2.